The fraction of sp³-hybridized carbons (Fsp3) is 0.692. The lowest BCUT2D eigenvalue weighted by Crippen LogP contribution is -2.50. The number of hydrogen-bond acceptors (Lipinski definition) is 5. The summed E-state index contributed by atoms with van der Waals surface area (Å²) in [6.07, 6.45) is 8.79. The van der Waals surface area contributed by atoms with Gasteiger partial charge < -0.3 is 19.6 Å². The highest BCUT2D eigenvalue weighted by Crippen LogP contribution is 2.28. The maximum atomic E-state index is 13.5. The van der Waals surface area contributed by atoms with Gasteiger partial charge in [0.2, 0.25) is 5.88 Å². The summed E-state index contributed by atoms with van der Waals surface area (Å²) in [5.74, 6) is 7.40. The lowest BCUT2D eigenvalue weighted by Gasteiger charge is -2.37. The number of nitrogens with zero attached hydrogens (tertiary/aromatic N) is 3. The molecule has 1 aliphatic carbocycles. The molecule has 0 aromatic carbocycles. The second-order valence-corrected chi connectivity index (χ2v) is 9.57. The standard InChI is InChI=1S/C26H39N3O3/c1-5-13-28(4)17-24-19(2)16-29(20(3)18-30)26(31)23-14-22(15-27-25(23)32-24)12-11-21-9-7-6-8-10-21/h14-15,19-21,24,30H,5-10,13,16-18H2,1-4H3/t19-,20-,24-/m1/s1. The van der Waals surface area contributed by atoms with E-state index in [-0.39, 0.29) is 30.6 Å². The van der Waals surface area contributed by atoms with Gasteiger partial charge in [-0.2, -0.15) is 0 Å². The molecule has 0 bridgehead atoms. The molecule has 1 aliphatic heterocycles. The Balaban J connectivity index is 1.92. The van der Waals surface area contributed by atoms with E-state index in [1.54, 1.807) is 11.1 Å². The van der Waals surface area contributed by atoms with Crippen LogP contribution in [0, 0.1) is 23.7 Å². The lowest BCUT2D eigenvalue weighted by molar-refractivity contribution is 0.0331. The van der Waals surface area contributed by atoms with E-state index in [2.05, 4.69) is 42.6 Å². The van der Waals surface area contributed by atoms with Crippen LogP contribution >= 0.6 is 0 Å². The van der Waals surface area contributed by atoms with Gasteiger partial charge in [-0.25, -0.2) is 4.98 Å². The molecule has 2 aliphatic rings. The molecule has 32 heavy (non-hydrogen) atoms. The number of amides is 1. The van der Waals surface area contributed by atoms with Crippen molar-refractivity contribution in [2.24, 2.45) is 11.8 Å². The normalized spacial score (nSPS) is 22.9. The number of aliphatic hydroxyl groups is 1. The van der Waals surface area contributed by atoms with Crippen molar-refractivity contribution in [3.63, 3.8) is 0 Å². The number of ether oxygens (including phenoxy) is 1. The van der Waals surface area contributed by atoms with Crippen LogP contribution in [0.5, 0.6) is 5.88 Å². The van der Waals surface area contributed by atoms with E-state index < -0.39 is 0 Å². The monoisotopic (exact) mass is 441 g/mol. The first kappa shape index (κ1) is 24.5. The fourth-order valence-electron chi connectivity index (χ4n) is 4.60. The quantitative estimate of drug-likeness (QED) is 0.684. The molecular formula is C26H39N3O3. The summed E-state index contributed by atoms with van der Waals surface area (Å²) in [5.41, 5.74) is 1.19. The molecule has 176 valence electrons. The molecule has 2 heterocycles. The van der Waals surface area contributed by atoms with Crippen molar-refractivity contribution in [2.45, 2.75) is 71.4 Å². The summed E-state index contributed by atoms with van der Waals surface area (Å²) < 4.78 is 6.34. The summed E-state index contributed by atoms with van der Waals surface area (Å²) in [5, 5.41) is 9.79. The van der Waals surface area contributed by atoms with Gasteiger partial charge in [-0.3, -0.25) is 4.79 Å². The zero-order valence-electron chi connectivity index (χ0n) is 20.1. The number of pyridine rings is 1. The fourth-order valence-corrected chi connectivity index (χ4v) is 4.60. The van der Waals surface area contributed by atoms with Gasteiger partial charge in [0, 0.05) is 36.7 Å². The van der Waals surface area contributed by atoms with Crippen LogP contribution in [0.1, 0.15) is 75.2 Å². The van der Waals surface area contributed by atoms with Crippen LogP contribution in [0.15, 0.2) is 12.3 Å². The molecule has 6 heteroatoms. The molecule has 1 saturated carbocycles. The Labute approximate surface area is 193 Å². The summed E-state index contributed by atoms with van der Waals surface area (Å²) in [7, 11) is 2.09. The van der Waals surface area contributed by atoms with Gasteiger partial charge in [0.05, 0.1) is 12.6 Å². The van der Waals surface area contributed by atoms with Crippen LogP contribution in [0.25, 0.3) is 0 Å². The highest BCUT2D eigenvalue weighted by Gasteiger charge is 2.34. The van der Waals surface area contributed by atoms with E-state index in [4.69, 9.17) is 4.74 Å². The van der Waals surface area contributed by atoms with E-state index >= 15 is 0 Å². The largest absolute Gasteiger partial charge is 0.472 e. The lowest BCUT2D eigenvalue weighted by atomic mass is 9.90. The molecule has 1 amide bonds. The molecule has 1 N–H and O–H groups in total. The number of fused-ring (bicyclic) bond motifs is 1. The van der Waals surface area contributed by atoms with Crippen molar-refractivity contribution in [2.75, 3.05) is 33.3 Å². The minimum atomic E-state index is -0.276. The first-order valence-corrected chi connectivity index (χ1v) is 12.2. The number of likely N-dealkylation sites (N-methyl/N-ethyl adjacent to an activating group) is 1. The van der Waals surface area contributed by atoms with Crippen molar-refractivity contribution in [3.8, 4) is 17.7 Å². The molecule has 6 nitrogen and oxygen atoms in total. The molecule has 0 saturated heterocycles. The van der Waals surface area contributed by atoms with E-state index in [0.29, 0.717) is 23.9 Å². The van der Waals surface area contributed by atoms with Gasteiger partial charge in [-0.1, -0.05) is 45.0 Å². The topological polar surface area (TPSA) is 65.9 Å². The van der Waals surface area contributed by atoms with Crippen LogP contribution < -0.4 is 4.74 Å². The van der Waals surface area contributed by atoms with Gasteiger partial charge in [0.1, 0.15) is 11.7 Å². The molecular weight excluding hydrogens is 402 g/mol. The highest BCUT2D eigenvalue weighted by atomic mass is 16.5. The predicted octanol–water partition coefficient (Wildman–Crippen LogP) is 3.58. The van der Waals surface area contributed by atoms with Crippen molar-refractivity contribution < 1.29 is 14.6 Å². The van der Waals surface area contributed by atoms with E-state index in [1.165, 1.54) is 19.3 Å². The molecule has 1 aromatic rings. The number of aliphatic hydroxyl groups excluding tert-OH is 1. The van der Waals surface area contributed by atoms with Crippen LogP contribution in [0.4, 0.5) is 0 Å². The molecule has 1 aromatic heterocycles. The predicted molar refractivity (Wildman–Crippen MR) is 127 cm³/mol. The van der Waals surface area contributed by atoms with E-state index in [0.717, 1.165) is 37.9 Å². The summed E-state index contributed by atoms with van der Waals surface area (Å²) in [6.45, 7) is 8.34. The van der Waals surface area contributed by atoms with Crippen LogP contribution in [0.3, 0.4) is 0 Å². The van der Waals surface area contributed by atoms with Gasteiger partial charge in [-0.05, 0) is 45.8 Å². The Morgan fingerprint density at radius 3 is 2.78 bits per heavy atom. The Hall–Kier alpha value is -2.10. The molecule has 0 spiro atoms. The van der Waals surface area contributed by atoms with Crippen molar-refractivity contribution in [1.82, 2.24) is 14.8 Å². The van der Waals surface area contributed by atoms with E-state index in [1.807, 2.05) is 13.0 Å². The molecule has 0 radical (unpaired) electrons. The zero-order chi connectivity index (χ0) is 23.1. The van der Waals surface area contributed by atoms with Crippen molar-refractivity contribution in [3.05, 3.63) is 23.4 Å². The van der Waals surface area contributed by atoms with E-state index in [9.17, 15) is 9.90 Å². The Bertz CT molecular complexity index is 825. The second-order valence-electron chi connectivity index (χ2n) is 9.57. The van der Waals surface area contributed by atoms with Crippen LogP contribution in [-0.4, -0.2) is 71.2 Å². The maximum absolute atomic E-state index is 13.5. The first-order chi connectivity index (χ1) is 15.4. The Kier molecular flexibility index (Phi) is 8.95. The average molecular weight is 442 g/mol. The minimum absolute atomic E-state index is 0.0797. The number of rotatable bonds is 6. The van der Waals surface area contributed by atoms with Crippen LogP contribution in [0.2, 0.25) is 0 Å². The third-order valence-electron chi connectivity index (χ3n) is 6.64. The zero-order valence-corrected chi connectivity index (χ0v) is 20.1. The smallest absolute Gasteiger partial charge is 0.259 e. The summed E-state index contributed by atoms with van der Waals surface area (Å²) in [6, 6.07) is 1.54. The van der Waals surface area contributed by atoms with Crippen molar-refractivity contribution in [1.29, 1.82) is 0 Å². The Morgan fingerprint density at radius 1 is 1.34 bits per heavy atom. The number of carbonyl (C=O) groups excluding carboxylic acids is 1. The van der Waals surface area contributed by atoms with Crippen molar-refractivity contribution >= 4 is 5.91 Å². The van der Waals surface area contributed by atoms with Gasteiger partial charge in [-0.15, -0.1) is 0 Å². The summed E-state index contributed by atoms with van der Waals surface area (Å²) in [4.78, 5) is 22.0. The number of carbonyl (C=O) groups is 1. The first-order valence-electron chi connectivity index (χ1n) is 12.2. The van der Waals surface area contributed by atoms with Gasteiger partial charge in [0.25, 0.3) is 5.91 Å². The molecule has 0 unspecified atom stereocenters. The Morgan fingerprint density at radius 2 is 2.09 bits per heavy atom. The maximum Gasteiger partial charge on any atom is 0.259 e. The third kappa shape index (κ3) is 6.24. The number of aromatic nitrogens is 1. The number of hydrogen-bond donors (Lipinski definition) is 1. The average Bonchev–Trinajstić information content (AvgIpc) is 2.80. The second kappa shape index (κ2) is 11.7. The highest BCUT2D eigenvalue weighted by molar-refractivity contribution is 5.97. The molecule has 3 atom stereocenters. The van der Waals surface area contributed by atoms with Crippen LogP contribution in [-0.2, 0) is 0 Å². The minimum Gasteiger partial charge on any atom is -0.472 e. The van der Waals surface area contributed by atoms with Gasteiger partial charge in [0.15, 0.2) is 0 Å². The van der Waals surface area contributed by atoms with Gasteiger partial charge >= 0.3 is 0 Å². The third-order valence-corrected chi connectivity index (χ3v) is 6.64. The molecule has 1 fully saturated rings. The summed E-state index contributed by atoms with van der Waals surface area (Å²) >= 11 is 0. The SMILES string of the molecule is CCCN(C)C[C@H]1Oc2ncc(C#CC3CCCCC3)cc2C(=O)N([C@H](C)CO)C[C@H]1C. The molecule has 3 rings (SSSR count).